The third-order valence-corrected chi connectivity index (χ3v) is 6.54. The number of primary amides is 1. The Morgan fingerprint density at radius 2 is 1.37 bits per heavy atom. The van der Waals surface area contributed by atoms with Crippen molar-refractivity contribution in [1.29, 1.82) is 0 Å². The van der Waals surface area contributed by atoms with Gasteiger partial charge < -0.3 is 21.7 Å². The average Bonchev–Trinajstić information content (AvgIpc) is 2.79. The summed E-state index contributed by atoms with van der Waals surface area (Å²) >= 11 is 0.985. The lowest BCUT2D eigenvalue weighted by molar-refractivity contribution is -0.132. The third kappa shape index (κ3) is 19.9. The van der Waals surface area contributed by atoms with Crippen LogP contribution in [0.1, 0.15) is 104 Å². The van der Waals surface area contributed by atoms with Crippen LogP contribution in [0.25, 0.3) is 0 Å². The van der Waals surface area contributed by atoms with Gasteiger partial charge in [0.2, 0.25) is 28.7 Å². The van der Waals surface area contributed by atoms with Gasteiger partial charge in [0.05, 0.1) is 12.5 Å². The number of unbranched alkanes of at least 4 members (excludes halogenated alkanes) is 10. The lowest BCUT2D eigenvalue weighted by Crippen LogP contribution is -2.51. The molecular weight excluding hydrogens is 468 g/mol. The molecule has 2 atom stereocenters. The summed E-state index contributed by atoms with van der Waals surface area (Å²) in [6.45, 7) is 5.47. The molecule has 0 heterocycles. The molecule has 9 nitrogen and oxygen atoms in total. The van der Waals surface area contributed by atoms with Gasteiger partial charge in [-0.15, -0.1) is 0 Å². The number of thioether (sulfide) groups is 1. The normalized spacial score (nSPS) is 12.4. The second kappa shape index (κ2) is 21.2. The Morgan fingerprint density at radius 3 is 1.89 bits per heavy atom. The zero-order valence-electron chi connectivity index (χ0n) is 21.8. The minimum Gasteiger partial charge on any atom is -0.370 e. The van der Waals surface area contributed by atoms with E-state index >= 15 is 0 Å². The van der Waals surface area contributed by atoms with Crippen molar-refractivity contribution < 1.29 is 24.0 Å². The van der Waals surface area contributed by atoms with E-state index in [1.807, 2.05) is 0 Å². The zero-order valence-corrected chi connectivity index (χ0v) is 22.6. The molecule has 0 fully saturated rings. The maximum absolute atomic E-state index is 12.6. The molecule has 5 N–H and O–H groups in total. The highest BCUT2D eigenvalue weighted by Gasteiger charge is 2.26. The van der Waals surface area contributed by atoms with Gasteiger partial charge in [0.15, 0.2) is 0 Å². The molecule has 0 bridgehead atoms. The van der Waals surface area contributed by atoms with Gasteiger partial charge in [-0.05, 0) is 13.3 Å². The number of hydrogen-bond acceptors (Lipinski definition) is 6. The molecule has 0 radical (unpaired) electrons. The van der Waals surface area contributed by atoms with Gasteiger partial charge in [0.1, 0.15) is 6.04 Å². The van der Waals surface area contributed by atoms with E-state index in [1.165, 1.54) is 58.8 Å². The first-order valence-electron chi connectivity index (χ1n) is 13.0. The summed E-state index contributed by atoms with van der Waals surface area (Å²) in [7, 11) is 0. The first-order valence-corrected chi connectivity index (χ1v) is 13.9. The summed E-state index contributed by atoms with van der Waals surface area (Å²) < 4.78 is 0. The van der Waals surface area contributed by atoms with Gasteiger partial charge in [-0.1, -0.05) is 82.9 Å². The molecule has 0 saturated carbocycles. The molecule has 0 aromatic rings. The first-order chi connectivity index (χ1) is 16.7. The van der Waals surface area contributed by atoms with Crippen molar-refractivity contribution in [1.82, 2.24) is 16.0 Å². The highest BCUT2D eigenvalue weighted by molar-refractivity contribution is 8.13. The molecule has 10 heteroatoms. The molecule has 0 aliphatic heterocycles. The summed E-state index contributed by atoms with van der Waals surface area (Å²) in [5, 5.41) is 7.41. The SMILES string of the molecule is CCCCCCCCCCCCCC(=O)N[C@H](CC(N)=O)C(=O)N[C@@H](C)C(=O)SCCNC(C)=O. The summed E-state index contributed by atoms with van der Waals surface area (Å²) in [6.07, 6.45) is 12.8. The van der Waals surface area contributed by atoms with Crippen molar-refractivity contribution in [2.75, 3.05) is 12.3 Å². The van der Waals surface area contributed by atoms with Crippen molar-refractivity contribution in [3.05, 3.63) is 0 Å². The van der Waals surface area contributed by atoms with Crippen molar-refractivity contribution in [2.24, 2.45) is 5.73 Å². The van der Waals surface area contributed by atoms with E-state index in [9.17, 15) is 24.0 Å². The summed E-state index contributed by atoms with van der Waals surface area (Å²) in [4.78, 5) is 59.3. The summed E-state index contributed by atoms with van der Waals surface area (Å²) in [6, 6.07) is -1.93. The molecule has 0 aliphatic carbocycles. The van der Waals surface area contributed by atoms with E-state index in [0.717, 1.165) is 31.0 Å². The Kier molecular flexibility index (Phi) is 19.9. The van der Waals surface area contributed by atoms with Gasteiger partial charge in [0, 0.05) is 25.6 Å². The quantitative estimate of drug-likeness (QED) is 0.173. The Bertz CT molecular complexity index is 660. The Balaban J connectivity index is 4.23. The predicted molar refractivity (Wildman–Crippen MR) is 141 cm³/mol. The molecule has 0 aromatic heterocycles. The number of amides is 4. The molecule has 35 heavy (non-hydrogen) atoms. The van der Waals surface area contributed by atoms with Crippen LogP contribution >= 0.6 is 11.8 Å². The molecule has 202 valence electrons. The molecule has 0 rings (SSSR count). The standard InChI is InChI=1S/C25H46N4O5S/c1-4-5-6-7-8-9-10-11-12-13-14-15-23(32)29-21(18-22(26)31)24(33)28-19(2)25(34)35-17-16-27-20(3)30/h19,21H,4-18H2,1-3H3,(H2,26,31)(H,27,30)(H,28,33)(H,29,32)/t19-,21+/m0/s1. The van der Waals surface area contributed by atoms with E-state index in [2.05, 4.69) is 22.9 Å². The second-order valence-corrected chi connectivity index (χ2v) is 10.1. The molecule has 4 amide bonds. The van der Waals surface area contributed by atoms with E-state index in [1.54, 1.807) is 0 Å². The largest absolute Gasteiger partial charge is 0.370 e. The number of hydrogen-bond donors (Lipinski definition) is 4. The first kappa shape index (κ1) is 32.9. The molecule has 0 aliphatic rings. The fourth-order valence-corrected chi connectivity index (χ4v) is 4.22. The number of carbonyl (C=O) groups is 5. The van der Waals surface area contributed by atoms with Gasteiger partial charge in [-0.3, -0.25) is 24.0 Å². The van der Waals surface area contributed by atoms with E-state index in [-0.39, 0.29) is 29.8 Å². The van der Waals surface area contributed by atoms with Crippen LogP contribution in [0.4, 0.5) is 0 Å². The third-order valence-electron chi connectivity index (χ3n) is 5.50. The van der Waals surface area contributed by atoms with Crippen LogP contribution < -0.4 is 21.7 Å². The minimum absolute atomic E-state index is 0.183. The molecule has 0 aromatic carbocycles. The fourth-order valence-electron chi connectivity index (χ4n) is 3.50. The van der Waals surface area contributed by atoms with Crippen molar-refractivity contribution in [3.8, 4) is 0 Å². The second-order valence-electron chi connectivity index (χ2n) is 8.96. The molecule has 0 spiro atoms. The van der Waals surface area contributed by atoms with Crippen LogP contribution in [0.5, 0.6) is 0 Å². The van der Waals surface area contributed by atoms with Crippen molar-refractivity contribution >= 4 is 40.5 Å². The Labute approximate surface area is 214 Å². The van der Waals surface area contributed by atoms with Crippen LogP contribution in [0.15, 0.2) is 0 Å². The highest BCUT2D eigenvalue weighted by atomic mass is 32.2. The lowest BCUT2D eigenvalue weighted by Gasteiger charge is -2.20. The Morgan fingerprint density at radius 1 is 0.829 bits per heavy atom. The lowest BCUT2D eigenvalue weighted by atomic mass is 10.0. The van der Waals surface area contributed by atoms with Crippen LogP contribution in [-0.2, 0) is 24.0 Å². The van der Waals surface area contributed by atoms with Crippen molar-refractivity contribution in [3.63, 3.8) is 0 Å². The summed E-state index contributed by atoms with van der Waals surface area (Å²) in [5.41, 5.74) is 5.24. The monoisotopic (exact) mass is 514 g/mol. The van der Waals surface area contributed by atoms with Crippen LogP contribution in [0.3, 0.4) is 0 Å². The maximum Gasteiger partial charge on any atom is 0.243 e. The number of nitrogens with two attached hydrogens (primary N) is 1. The predicted octanol–water partition coefficient (Wildman–Crippen LogP) is 2.95. The zero-order chi connectivity index (χ0) is 26.5. The average molecular weight is 515 g/mol. The molecule has 0 saturated heterocycles. The van der Waals surface area contributed by atoms with E-state index < -0.39 is 23.9 Å². The smallest absolute Gasteiger partial charge is 0.243 e. The maximum atomic E-state index is 12.6. The van der Waals surface area contributed by atoms with Gasteiger partial charge in [0.25, 0.3) is 0 Å². The highest BCUT2D eigenvalue weighted by Crippen LogP contribution is 2.12. The Hall–Kier alpha value is -2.10. The van der Waals surface area contributed by atoms with Crippen molar-refractivity contribution in [2.45, 2.75) is 116 Å². The molecule has 0 unspecified atom stereocenters. The van der Waals surface area contributed by atoms with E-state index in [0.29, 0.717) is 18.7 Å². The minimum atomic E-state index is -1.12. The van der Waals surface area contributed by atoms with E-state index in [4.69, 9.17) is 5.73 Å². The van der Waals surface area contributed by atoms with Crippen LogP contribution in [0.2, 0.25) is 0 Å². The number of rotatable bonds is 21. The summed E-state index contributed by atoms with van der Waals surface area (Å²) in [5.74, 6) is -1.47. The van der Waals surface area contributed by atoms with Crippen LogP contribution in [-0.4, -0.2) is 53.1 Å². The fraction of sp³-hybridized carbons (Fsp3) is 0.800. The van der Waals surface area contributed by atoms with Gasteiger partial charge >= 0.3 is 0 Å². The topological polar surface area (TPSA) is 147 Å². The van der Waals surface area contributed by atoms with Gasteiger partial charge in [-0.25, -0.2) is 0 Å². The van der Waals surface area contributed by atoms with Gasteiger partial charge in [-0.2, -0.15) is 0 Å². The van der Waals surface area contributed by atoms with Crippen LogP contribution in [0, 0.1) is 0 Å². The number of carbonyl (C=O) groups excluding carboxylic acids is 5. The number of nitrogens with one attached hydrogen (secondary N) is 3. The molecular formula is C25H46N4O5S.